The average Bonchev–Trinajstić information content (AvgIpc) is 2.85. The summed E-state index contributed by atoms with van der Waals surface area (Å²) in [7, 11) is 0. The summed E-state index contributed by atoms with van der Waals surface area (Å²) in [5.41, 5.74) is 2.16. The molecule has 0 saturated carbocycles. The molecule has 1 fully saturated rings. The van der Waals surface area contributed by atoms with Crippen LogP contribution in [0.25, 0.3) is 0 Å². The van der Waals surface area contributed by atoms with Crippen molar-refractivity contribution in [3.8, 4) is 5.75 Å². The van der Waals surface area contributed by atoms with Gasteiger partial charge >= 0.3 is 5.97 Å². The zero-order valence-corrected chi connectivity index (χ0v) is 13.3. The Balaban J connectivity index is 1.84. The largest absolute Gasteiger partial charge is 0.493 e. The predicted molar refractivity (Wildman–Crippen MR) is 82.9 cm³/mol. The minimum absolute atomic E-state index is 0.00128. The molecule has 0 aliphatic carbocycles. The number of hydrogen-bond acceptors (Lipinski definition) is 3. The zero-order chi connectivity index (χ0) is 16.3. The second-order valence-electron chi connectivity index (χ2n) is 6.09. The van der Waals surface area contributed by atoms with E-state index in [1.807, 2.05) is 39.0 Å². The number of hydrogen-bond donors (Lipinski definition) is 1. The first-order chi connectivity index (χ1) is 10.4. The molecule has 2 rings (SSSR count). The van der Waals surface area contributed by atoms with Gasteiger partial charge in [0.15, 0.2) is 0 Å². The van der Waals surface area contributed by atoms with Crippen LogP contribution in [-0.4, -0.2) is 41.6 Å². The molecule has 1 amide bonds. The second-order valence-corrected chi connectivity index (χ2v) is 6.09. The number of aliphatic carboxylic acids is 1. The fourth-order valence-corrected chi connectivity index (χ4v) is 2.76. The minimum Gasteiger partial charge on any atom is -0.493 e. The highest BCUT2D eigenvalue weighted by atomic mass is 16.5. The van der Waals surface area contributed by atoms with Crippen LogP contribution in [0.4, 0.5) is 0 Å². The molecule has 0 radical (unpaired) electrons. The standard InChI is InChI=1S/C17H23NO4/c1-11-4-5-12(2)15(8-11)22-7-6-16(19)18-9-13(3)14(10-18)17(20)21/h4-5,8,13-14H,6-7,9-10H2,1-3H3,(H,20,21)/t13-,14-/m1/s1. The highest BCUT2D eigenvalue weighted by molar-refractivity contribution is 5.79. The molecule has 1 aliphatic heterocycles. The van der Waals surface area contributed by atoms with Crippen LogP contribution in [0, 0.1) is 25.7 Å². The second kappa shape index (κ2) is 6.81. The molecule has 0 aromatic heterocycles. The van der Waals surface area contributed by atoms with E-state index in [4.69, 9.17) is 9.84 Å². The Labute approximate surface area is 130 Å². The van der Waals surface area contributed by atoms with Crippen molar-refractivity contribution in [1.29, 1.82) is 0 Å². The van der Waals surface area contributed by atoms with E-state index >= 15 is 0 Å². The van der Waals surface area contributed by atoms with Crippen LogP contribution in [0.3, 0.4) is 0 Å². The Bertz CT molecular complexity index is 570. The van der Waals surface area contributed by atoms with Gasteiger partial charge in [-0.1, -0.05) is 19.1 Å². The number of carboxylic acid groups (broad SMARTS) is 1. The van der Waals surface area contributed by atoms with Gasteiger partial charge in [-0.05, 0) is 37.0 Å². The van der Waals surface area contributed by atoms with Crippen LogP contribution < -0.4 is 4.74 Å². The highest BCUT2D eigenvalue weighted by Gasteiger charge is 2.36. The Morgan fingerprint density at radius 1 is 1.32 bits per heavy atom. The van der Waals surface area contributed by atoms with Crippen molar-refractivity contribution in [3.05, 3.63) is 29.3 Å². The Kier molecular flexibility index (Phi) is 5.06. The summed E-state index contributed by atoms with van der Waals surface area (Å²) >= 11 is 0. The first kappa shape index (κ1) is 16.3. The number of ether oxygens (including phenoxy) is 1. The predicted octanol–water partition coefficient (Wildman–Crippen LogP) is 2.25. The van der Waals surface area contributed by atoms with E-state index in [2.05, 4.69) is 0 Å². The quantitative estimate of drug-likeness (QED) is 0.906. The molecule has 1 heterocycles. The molecule has 2 atom stereocenters. The zero-order valence-electron chi connectivity index (χ0n) is 13.3. The number of amides is 1. The average molecular weight is 305 g/mol. The van der Waals surface area contributed by atoms with Crippen LogP contribution in [0.2, 0.25) is 0 Å². The summed E-state index contributed by atoms with van der Waals surface area (Å²) in [6.07, 6.45) is 0.270. The summed E-state index contributed by atoms with van der Waals surface area (Å²) in [5, 5.41) is 9.10. The Morgan fingerprint density at radius 3 is 2.68 bits per heavy atom. The van der Waals surface area contributed by atoms with Crippen molar-refractivity contribution in [2.45, 2.75) is 27.2 Å². The number of benzene rings is 1. The van der Waals surface area contributed by atoms with Gasteiger partial charge in [-0.3, -0.25) is 9.59 Å². The number of likely N-dealkylation sites (tertiary alicyclic amines) is 1. The minimum atomic E-state index is -0.825. The van der Waals surface area contributed by atoms with Gasteiger partial charge in [-0.15, -0.1) is 0 Å². The summed E-state index contributed by atoms with van der Waals surface area (Å²) in [6, 6.07) is 5.97. The maximum atomic E-state index is 12.2. The Morgan fingerprint density at radius 2 is 2.05 bits per heavy atom. The van der Waals surface area contributed by atoms with Crippen molar-refractivity contribution < 1.29 is 19.4 Å². The van der Waals surface area contributed by atoms with Crippen molar-refractivity contribution in [2.24, 2.45) is 11.8 Å². The molecule has 1 saturated heterocycles. The van der Waals surface area contributed by atoms with E-state index in [9.17, 15) is 9.59 Å². The van der Waals surface area contributed by atoms with Crippen LogP contribution in [0.5, 0.6) is 5.75 Å². The maximum Gasteiger partial charge on any atom is 0.308 e. The van der Waals surface area contributed by atoms with E-state index in [-0.39, 0.29) is 18.2 Å². The third kappa shape index (κ3) is 3.78. The molecule has 1 N–H and O–H groups in total. The fraction of sp³-hybridized carbons (Fsp3) is 0.529. The van der Waals surface area contributed by atoms with Crippen molar-refractivity contribution in [3.63, 3.8) is 0 Å². The van der Waals surface area contributed by atoms with E-state index < -0.39 is 11.9 Å². The molecule has 120 valence electrons. The summed E-state index contributed by atoms with van der Waals surface area (Å²) in [6.45, 7) is 6.97. The third-order valence-corrected chi connectivity index (χ3v) is 4.20. The van der Waals surface area contributed by atoms with Gasteiger partial charge in [0.05, 0.1) is 18.9 Å². The van der Waals surface area contributed by atoms with Gasteiger partial charge in [0.25, 0.3) is 0 Å². The van der Waals surface area contributed by atoms with E-state index in [0.29, 0.717) is 19.7 Å². The molecule has 1 aliphatic rings. The number of carboxylic acids is 1. The smallest absolute Gasteiger partial charge is 0.308 e. The number of carbonyl (C=O) groups is 2. The van der Waals surface area contributed by atoms with Gasteiger partial charge in [0.1, 0.15) is 5.75 Å². The molecule has 0 bridgehead atoms. The van der Waals surface area contributed by atoms with Crippen LogP contribution in [0.15, 0.2) is 18.2 Å². The summed E-state index contributed by atoms with van der Waals surface area (Å²) in [4.78, 5) is 24.9. The molecular weight excluding hydrogens is 282 g/mol. The first-order valence-corrected chi connectivity index (χ1v) is 7.59. The molecule has 0 unspecified atom stereocenters. The van der Waals surface area contributed by atoms with Gasteiger partial charge in [0, 0.05) is 13.1 Å². The normalized spacial score (nSPS) is 21.0. The monoisotopic (exact) mass is 305 g/mol. The van der Waals surface area contributed by atoms with E-state index in [1.165, 1.54) is 0 Å². The number of nitrogens with zero attached hydrogens (tertiary/aromatic N) is 1. The van der Waals surface area contributed by atoms with E-state index in [0.717, 1.165) is 16.9 Å². The maximum absolute atomic E-state index is 12.2. The molecule has 22 heavy (non-hydrogen) atoms. The van der Waals surface area contributed by atoms with Crippen LogP contribution in [0.1, 0.15) is 24.5 Å². The molecule has 5 heteroatoms. The van der Waals surface area contributed by atoms with Crippen LogP contribution in [-0.2, 0) is 9.59 Å². The molecule has 5 nitrogen and oxygen atoms in total. The number of rotatable bonds is 5. The number of carbonyl (C=O) groups excluding carboxylic acids is 1. The van der Waals surface area contributed by atoms with Crippen molar-refractivity contribution in [2.75, 3.05) is 19.7 Å². The summed E-state index contributed by atoms with van der Waals surface area (Å²) < 4.78 is 5.69. The lowest BCUT2D eigenvalue weighted by atomic mass is 9.99. The topological polar surface area (TPSA) is 66.8 Å². The van der Waals surface area contributed by atoms with E-state index in [1.54, 1.807) is 4.90 Å². The third-order valence-electron chi connectivity index (χ3n) is 4.20. The SMILES string of the molecule is Cc1ccc(C)c(OCCC(=O)N2C[C@@H](C)[C@H](C(=O)O)C2)c1. The van der Waals surface area contributed by atoms with Crippen molar-refractivity contribution >= 4 is 11.9 Å². The lowest BCUT2D eigenvalue weighted by Gasteiger charge is -2.16. The first-order valence-electron chi connectivity index (χ1n) is 7.59. The number of aryl methyl sites for hydroxylation is 2. The van der Waals surface area contributed by atoms with Gasteiger partial charge < -0.3 is 14.7 Å². The molecular formula is C17H23NO4. The molecule has 1 aromatic rings. The fourth-order valence-electron chi connectivity index (χ4n) is 2.76. The molecule has 0 spiro atoms. The Hall–Kier alpha value is -2.04. The highest BCUT2D eigenvalue weighted by Crippen LogP contribution is 2.24. The van der Waals surface area contributed by atoms with Gasteiger partial charge in [0.2, 0.25) is 5.91 Å². The van der Waals surface area contributed by atoms with Gasteiger partial charge in [-0.2, -0.15) is 0 Å². The lowest BCUT2D eigenvalue weighted by Crippen LogP contribution is -2.30. The van der Waals surface area contributed by atoms with Crippen molar-refractivity contribution in [1.82, 2.24) is 4.90 Å². The lowest BCUT2D eigenvalue weighted by molar-refractivity contribution is -0.142. The molecule has 1 aromatic carbocycles. The van der Waals surface area contributed by atoms with Gasteiger partial charge in [-0.25, -0.2) is 0 Å². The van der Waals surface area contributed by atoms with Crippen LogP contribution >= 0.6 is 0 Å². The summed E-state index contributed by atoms with van der Waals surface area (Å²) in [5.74, 6) is -0.522.